The van der Waals surface area contributed by atoms with Crippen molar-refractivity contribution in [1.29, 1.82) is 0 Å². The molecule has 1 fully saturated rings. The second-order valence-electron chi connectivity index (χ2n) is 5.02. The fourth-order valence-electron chi connectivity index (χ4n) is 2.23. The van der Waals surface area contributed by atoms with Crippen molar-refractivity contribution in [3.05, 3.63) is 77.7 Å². The molecule has 0 saturated carbocycles. The number of nitrogens with zero attached hydrogens (tertiary/aromatic N) is 1. The number of hydrogen-bond donors (Lipinski definition) is 0. The maximum atomic E-state index is 12.6. The Morgan fingerprint density at radius 2 is 1.83 bits per heavy atom. The average Bonchev–Trinajstić information content (AvgIpc) is 2.88. The van der Waals surface area contributed by atoms with Crippen molar-refractivity contribution in [2.75, 3.05) is 11.5 Å². The van der Waals surface area contributed by atoms with Crippen LogP contribution in [0.25, 0.3) is 6.08 Å². The number of para-hydroxylation sites is 1. The van der Waals surface area contributed by atoms with E-state index in [0.717, 1.165) is 17.0 Å². The van der Waals surface area contributed by atoms with E-state index in [1.807, 2.05) is 60.7 Å². The van der Waals surface area contributed by atoms with Crippen LogP contribution in [0.3, 0.4) is 0 Å². The Kier molecular flexibility index (Phi) is 5.13. The topological polar surface area (TPSA) is 29.5 Å². The smallest absolute Gasteiger partial charge is 0.270 e. The van der Waals surface area contributed by atoms with Crippen molar-refractivity contribution >= 4 is 46.0 Å². The molecule has 1 amide bonds. The molecular weight excluding hydrogens is 338 g/mol. The summed E-state index contributed by atoms with van der Waals surface area (Å²) in [6.45, 7) is 4.09. The van der Waals surface area contributed by atoms with Gasteiger partial charge >= 0.3 is 0 Å². The summed E-state index contributed by atoms with van der Waals surface area (Å²) in [5, 5.41) is 0. The van der Waals surface area contributed by atoms with E-state index in [9.17, 15) is 4.79 Å². The van der Waals surface area contributed by atoms with Crippen molar-refractivity contribution in [2.24, 2.45) is 0 Å². The Hall–Kier alpha value is -2.37. The van der Waals surface area contributed by atoms with Crippen LogP contribution in [-0.2, 0) is 4.79 Å². The highest BCUT2D eigenvalue weighted by Crippen LogP contribution is 2.35. The molecule has 120 valence electrons. The molecule has 2 aromatic rings. The molecule has 0 aromatic heterocycles. The Morgan fingerprint density at radius 1 is 1.12 bits per heavy atom. The standard InChI is InChI=1S/C19H15NO2S2/c1-2-12-22-16-10-8-14(9-11-16)13-17-18(21)20(19(23)24-17)15-6-4-3-5-7-15/h2-11,13H,1,12H2/b17-13-. The van der Waals surface area contributed by atoms with Crippen molar-refractivity contribution in [3.8, 4) is 5.75 Å². The molecule has 0 N–H and O–H groups in total. The minimum Gasteiger partial charge on any atom is -0.490 e. The number of ether oxygens (including phenoxy) is 1. The van der Waals surface area contributed by atoms with Gasteiger partial charge in [-0.05, 0) is 35.9 Å². The molecule has 0 spiro atoms. The van der Waals surface area contributed by atoms with Crippen molar-refractivity contribution < 1.29 is 9.53 Å². The summed E-state index contributed by atoms with van der Waals surface area (Å²) in [5.74, 6) is 0.673. The Labute approximate surface area is 150 Å². The maximum absolute atomic E-state index is 12.6. The molecular formula is C19H15NO2S2. The van der Waals surface area contributed by atoms with Gasteiger partial charge in [0.25, 0.3) is 5.91 Å². The van der Waals surface area contributed by atoms with Gasteiger partial charge in [0, 0.05) is 0 Å². The number of amides is 1. The number of rotatable bonds is 5. The van der Waals surface area contributed by atoms with Crippen molar-refractivity contribution in [1.82, 2.24) is 0 Å². The van der Waals surface area contributed by atoms with E-state index >= 15 is 0 Å². The van der Waals surface area contributed by atoms with E-state index in [1.165, 1.54) is 11.8 Å². The summed E-state index contributed by atoms with van der Waals surface area (Å²) in [5.41, 5.74) is 1.71. The van der Waals surface area contributed by atoms with Crippen LogP contribution in [0.2, 0.25) is 0 Å². The van der Waals surface area contributed by atoms with E-state index in [1.54, 1.807) is 11.0 Å². The molecule has 0 atom stereocenters. The monoisotopic (exact) mass is 353 g/mol. The molecule has 0 unspecified atom stereocenters. The van der Waals surface area contributed by atoms with Gasteiger partial charge in [0.1, 0.15) is 12.4 Å². The van der Waals surface area contributed by atoms with E-state index in [-0.39, 0.29) is 5.91 Å². The lowest BCUT2D eigenvalue weighted by atomic mass is 10.2. The van der Waals surface area contributed by atoms with Gasteiger partial charge < -0.3 is 4.74 Å². The van der Waals surface area contributed by atoms with Gasteiger partial charge in [0.05, 0.1) is 10.6 Å². The lowest BCUT2D eigenvalue weighted by Crippen LogP contribution is -2.27. The van der Waals surface area contributed by atoms with E-state index in [2.05, 4.69) is 6.58 Å². The summed E-state index contributed by atoms with van der Waals surface area (Å²) < 4.78 is 6.00. The van der Waals surface area contributed by atoms with Gasteiger partial charge in [0.15, 0.2) is 4.32 Å². The van der Waals surface area contributed by atoms with Gasteiger partial charge in [-0.1, -0.05) is 67.0 Å². The molecule has 1 saturated heterocycles. The summed E-state index contributed by atoms with van der Waals surface area (Å²) >= 11 is 6.67. The second kappa shape index (κ2) is 7.47. The van der Waals surface area contributed by atoms with Gasteiger partial charge in [0.2, 0.25) is 0 Å². The summed E-state index contributed by atoms with van der Waals surface area (Å²) in [4.78, 5) is 14.8. The molecule has 1 aliphatic heterocycles. The fourth-order valence-corrected chi connectivity index (χ4v) is 3.53. The van der Waals surface area contributed by atoms with Gasteiger partial charge in [-0.2, -0.15) is 0 Å². The third-order valence-corrected chi connectivity index (χ3v) is 4.66. The number of anilines is 1. The lowest BCUT2D eigenvalue weighted by molar-refractivity contribution is -0.113. The summed E-state index contributed by atoms with van der Waals surface area (Å²) in [6.07, 6.45) is 3.54. The largest absolute Gasteiger partial charge is 0.490 e. The van der Waals surface area contributed by atoms with Gasteiger partial charge in [-0.25, -0.2) is 0 Å². The van der Waals surface area contributed by atoms with Crippen molar-refractivity contribution in [3.63, 3.8) is 0 Å². The zero-order chi connectivity index (χ0) is 16.9. The predicted molar refractivity (Wildman–Crippen MR) is 104 cm³/mol. The first-order valence-corrected chi connectivity index (χ1v) is 8.58. The third kappa shape index (κ3) is 3.58. The number of benzene rings is 2. The van der Waals surface area contributed by atoms with E-state index in [0.29, 0.717) is 15.8 Å². The molecule has 0 bridgehead atoms. The number of carbonyl (C=O) groups is 1. The highest BCUT2D eigenvalue weighted by atomic mass is 32.2. The minimum absolute atomic E-state index is 0.0943. The van der Waals surface area contributed by atoms with Crippen LogP contribution in [0.1, 0.15) is 5.56 Å². The van der Waals surface area contributed by atoms with E-state index in [4.69, 9.17) is 17.0 Å². The molecule has 0 aliphatic carbocycles. The first kappa shape index (κ1) is 16.5. The zero-order valence-corrected chi connectivity index (χ0v) is 14.5. The molecule has 0 radical (unpaired) electrons. The first-order chi connectivity index (χ1) is 11.7. The van der Waals surface area contributed by atoms with Gasteiger partial charge in [-0.3, -0.25) is 9.69 Å². The van der Waals surface area contributed by atoms with Crippen molar-refractivity contribution in [2.45, 2.75) is 0 Å². The quantitative estimate of drug-likeness (QED) is 0.444. The van der Waals surface area contributed by atoms with Crippen LogP contribution in [-0.4, -0.2) is 16.8 Å². The Balaban J connectivity index is 1.80. The van der Waals surface area contributed by atoms with Crippen LogP contribution in [0.4, 0.5) is 5.69 Å². The number of thioether (sulfide) groups is 1. The molecule has 3 rings (SSSR count). The Bertz CT molecular complexity index is 798. The predicted octanol–water partition coefficient (Wildman–Crippen LogP) is 4.66. The molecule has 3 nitrogen and oxygen atoms in total. The van der Waals surface area contributed by atoms with E-state index < -0.39 is 0 Å². The average molecular weight is 353 g/mol. The zero-order valence-electron chi connectivity index (χ0n) is 12.8. The van der Waals surface area contributed by atoms with Crippen LogP contribution in [0.5, 0.6) is 5.75 Å². The first-order valence-electron chi connectivity index (χ1n) is 7.36. The highest BCUT2D eigenvalue weighted by Gasteiger charge is 2.33. The summed E-state index contributed by atoms with van der Waals surface area (Å²) in [6, 6.07) is 17.0. The molecule has 2 aromatic carbocycles. The maximum Gasteiger partial charge on any atom is 0.270 e. The van der Waals surface area contributed by atoms with Crippen LogP contribution < -0.4 is 9.64 Å². The molecule has 5 heteroatoms. The minimum atomic E-state index is -0.0943. The number of carbonyl (C=O) groups excluding carboxylic acids is 1. The second-order valence-corrected chi connectivity index (χ2v) is 6.70. The highest BCUT2D eigenvalue weighted by molar-refractivity contribution is 8.27. The third-order valence-electron chi connectivity index (χ3n) is 3.35. The van der Waals surface area contributed by atoms with Crippen LogP contribution >= 0.6 is 24.0 Å². The summed E-state index contributed by atoms with van der Waals surface area (Å²) in [7, 11) is 0. The normalized spacial score (nSPS) is 15.8. The lowest BCUT2D eigenvalue weighted by Gasteiger charge is -2.13. The molecule has 1 heterocycles. The molecule has 24 heavy (non-hydrogen) atoms. The van der Waals surface area contributed by atoms with Crippen LogP contribution in [0, 0.1) is 0 Å². The fraction of sp³-hybridized carbons (Fsp3) is 0.0526. The SMILES string of the molecule is C=CCOc1ccc(/C=C2\SC(=S)N(c3ccccc3)C2=O)cc1. The molecule has 1 aliphatic rings. The number of hydrogen-bond acceptors (Lipinski definition) is 4. The number of thiocarbonyl (C=S) groups is 1. The van der Waals surface area contributed by atoms with Crippen LogP contribution in [0.15, 0.2) is 72.2 Å². The van der Waals surface area contributed by atoms with Gasteiger partial charge in [-0.15, -0.1) is 0 Å². The Morgan fingerprint density at radius 3 is 2.50 bits per heavy atom.